The highest BCUT2D eigenvalue weighted by molar-refractivity contribution is 6.55. The van der Waals surface area contributed by atoms with Gasteiger partial charge in [0.15, 0.2) is 5.78 Å². The van der Waals surface area contributed by atoms with Crippen LogP contribution in [-0.4, -0.2) is 28.4 Å². The molecule has 0 aliphatic heterocycles. The number of nitrogens with zero attached hydrogens (tertiary/aromatic N) is 1. The molecule has 1 aromatic rings. The number of ether oxygens (including phenoxy) is 1. The molecule has 0 heterocycles. The van der Waals surface area contributed by atoms with Gasteiger partial charge in [0.25, 0.3) is 5.69 Å². The Balaban J connectivity index is 2.43. The zero-order chi connectivity index (χ0) is 19.5. The zero-order valence-corrected chi connectivity index (χ0v) is 15.4. The number of benzene rings is 1. The van der Waals surface area contributed by atoms with Gasteiger partial charge in [-0.2, -0.15) is 0 Å². The molecular weight excluding hydrogens is 385 g/mol. The predicted molar refractivity (Wildman–Crippen MR) is 94.6 cm³/mol. The molecule has 7 nitrogen and oxygen atoms in total. The number of ketones is 1. The fourth-order valence-electron chi connectivity index (χ4n) is 3.20. The highest BCUT2D eigenvalue weighted by Gasteiger charge is 2.48. The first-order chi connectivity index (χ1) is 12.2. The summed E-state index contributed by atoms with van der Waals surface area (Å²) < 4.78 is 4.79. The van der Waals surface area contributed by atoms with Crippen LogP contribution in [0.15, 0.2) is 34.8 Å². The molecule has 140 valence electrons. The van der Waals surface area contributed by atoms with E-state index >= 15 is 0 Å². The summed E-state index contributed by atoms with van der Waals surface area (Å²) in [5, 5.41) is 22.0. The van der Waals surface area contributed by atoms with Crippen molar-refractivity contribution in [3.05, 3.63) is 50.5 Å². The molecule has 0 amide bonds. The van der Waals surface area contributed by atoms with E-state index in [4.69, 9.17) is 27.9 Å². The van der Waals surface area contributed by atoms with Crippen molar-refractivity contribution < 1.29 is 24.4 Å². The standard InChI is InChI=1S/C17H17Cl2NO6/c1-2-26-16(22)15-10(6-14(18)19)8-17(23,9-13(15)21)11-4-3-5-12(7-11)20(24)25/h3-7,10,15,23H,2,8-9H2,1H3/t10-,15-,17+/m0/s1. The van der Waals surface area contributed by atoms with Crippen LogP contribution in [0.25, 0.3) is 0 Å². The Kier molecular flexibility index (Phi) is 6.39. The lowest BCUT2D eigenvalue weighted by Gasteiger charge is -2.38. The largest absolute Gasteiger partial charge is 0.465 e. The number of esters is 1. The number of nitro benzene ring substituents is 1. The number of hydrogen-bond acceptors (Lipinski definition) is 6. The zero-order valence-electron chi connectivity index (χ0n) is 13.9. The number of carbonyl (C=O) groups excluding carboxylic acids is 2. The first-order valence-corrected chi connectivity index (χ1v) is 8.63. The topological polar surface area (TPSA) is 107 Å². The van der Waals surface area contributed by atoms with Crippen LogP contribution in [0.3, 0.4) is 0 Å². The second-order valence-electron chi connectivity index (χ2n) is 6.04. The Hall–Kier alpha value is -1.96. The van der Waals surface area contributed by atoms with E-state index in [1.54, 1.807) is 6.92 Å². The number of non-ortho nitro benzene ring substituents is 1. The van der Waals surface area contributed by atoms with Crippen LogP contribution in [-0.2, 0) is 19.9 Å². The molecule has 0 radical (unpaired) electrons. The van der Waals surface area contributed by atoms with Crippen LogP contribution in [0.2, 0.25) is 0 Å². The van der Waals surface area contributed by atoms with Gasteiger partial charge in [0.2, 0.25) is 0 Å². The van der Waals surface area contributed by atoms with Gasteiger partial charge in [-0.05, 0) is 25.0 Å². The Morgan fingerprint density at radius 3 is 2.77 bits per heavy atom. The van der Waals surface area contributed by atoms with Crippen molar-refractivity contribution in [2.45, 2.75) is 25.4 Å². The second kappa shape index (κ2) is 8.16. The Bertz CT molecular complexity index is 761. The number of halogens is 2. The first kappa shape index (κ1) is 20.4. The monoisotopic (exact) mass is 401 g/mol. The lowest BCUT2D eigenvalue weighted by atomic mass is 9.68. The highest BCUT2D eigenvalue weighted by Crippen LogP contribution is 2.43. The molecule has 1 aromatic carbocycles. The molecule has 9 heteroatoms. The summed E-state index contributed by atoms with van der Waals surface area (Å²) in [6, 6.07) is 5.41. The molecule has 0 unspecified atom stereocenters. The average Bonchev–Trinajstić information content (AvgIpc) is 2.54. The fraction of sp³-hybridized carbons (Fsp3) is 0.412. The van der Waals surface area contributed by atoms with E-state index in [2.05, 4.69) is 0 Å². The molecule has 1 N–H and O–H groups in total. The summed E-state index contributed by atoms with van der Waals surface area (Å²) >= 11 is 11.4. The maximum Gasteiger partial charge on any atom is 0.317 e. The van der Waals surface area contributed by atoms with Crippen molar-refractivity contribution in [1.29, 1.82) is 0 Å². The summed E-state index contributed by atoms with van der Waals surface area (Å²) in [4.78, 5) is 35.1. The molecule has 0 aromatic heterocycles. The molecule has 1 fully saturated rings. The minimum atomic E-state index is -1.68. The van der Waals surface area contributed by atoms with Crippen molar-refractivity contribution in [2.75, 3.05) is 6.61 Å². The summed E-state index contributed by atoms with van der Waals surface area (Å²) in [6.45, 7) is 1.72. The maximum absolute atomic E-state index is 12.6. The number of rotatable bonds is 5. The van der Waals surface area contributed by atoms with Gasteiger partial charge < -0.3 is 9.84 Å². The van der Waals surface area contributed by atoms with E-state index in [-0.39, 0.29) is 35.2 Å². The van der Waals surface area contributed by atoms with Gasteiger partial charge in [0.1, 0.15) is 10.4 Å². The third-order valence-corrected chi connectivity index (χ3v) is 4.54. The predicted octanol–water partition coefficient (Wildman–Crippen LogP) is 3.26. The summed E-state index contributed by atoms with van der Waals surface area (Å²) in [5.41, 5.74) is -1.68. The summed E-state index contributed by atoms with van der Waals surface area (Å²) in [6.07, 6.45) is 0.873. The number of Topliss-reactive ketones (excluding diaryl/α,β-unsaturated/α-hetero) is 1. The molecule has 0 bridgehead atoms. The Morgan fingerprint density at radius 2 is 2.19 bits per heavy atom. The van der Waals surface area contributed by atoms with E-state index in [1.807, 2.05) is 0 Å². The number of nitro groups is 1. The van der Waals surface area contributed by atoms with Gasteiger partial charge >= 0.3 is 5.97 Å². The molecule has 0 spiro atoms. The van der Waals surface area contributed by atoms with Gasteiger partial charge in [-0.3, -0.25) is 19.7 Å². The van der Waals surface area contributed by atoms with Crippen molar-refractivity contribution >= 4 is 40.6 Å². The van der Waals surface area contributed by atoms with E-state index in [0.29, 0.717) is 0 Å². The third kappa shape index (κ3) is 4.41. The van der Waals surface area contributed by atoms with E-state index in [9.17, 15) is 24.8 Å². The van der Waals surface area contributed by atoms with Crippen molar-refractivity contribution in [2.24, 2.45) is 11.8 Å². The number of aliphatic hydroxyl groups is 1. The second-order valence-corrected chi connectivity index (χ2v) is 7.04. The Labute approximate surface area is 159 Å². The van der Waals surface area contributed by atoms with Crippen LogP contribution in [0.4, 0.5) is 5.69 Å². The van der Waals surface area contributed by atoms with Crippen molar-refractivity contribution in [1.82, 2.24) is 0 Å². The number of allylic oxidation sites excluding steroid dienone is 1. The quantitative estimate of drug-likeness (QED) is 0.351. The lowest BCUT2D eigenvalue weighted by Crippen LogP contribution is -2.45. The van der Waals surface area contributed by atoms with Gasteiger partial charge in [-0.25, -0.2) is 0 Å². The SMILES string of the molecule is CCOC(=O)[C@@H]1C(=O)C[C@@](O)(c2cccc([N+](=O)[O-])c2)C[C@@H]1C=C(Cl)Cl. The van der Waals surface area contributed by atoms with Crippen LogP contribution in [0, 0.1) is 22.0 Å². The smallest absolute Gasteiger partial charge is 0.317 e. The van der Waals surface area contributed by atoms with Crippen molar-refractivity contribution in [3.8, 4) is 0 Å². The number of hydrogen-bond donors (Lipinski definition) is 1. The minimum absolute atomic E-state index is 0.0632. The number of carbonyl (C=O) groups is 2. The van der Waals surface area contributed by atoms with Crippen LogP contribution in [0.1, 0.15) is 25.3 Å². The van der Waals surface area contributed by atoms with Crippen LogP contribution in [0.5, 0.6) is 0 Å². The molecule has 1 aliphatic rings. The fourth-order valence-corrected chi connectivity index (χ4v) is 3.52. The minimum Gasteiger partial charge on any atom is -0.465 e. The van der Waals surface area contributed by atoms with Gasteiger partial charge in [-0.1, -0.05) is 35.3 Å². The van der Waals surface area contributed by atoms with E-state index < -0.39 is 34.1 Å². The average molecular weight is 402 g/mol. The van der Waals surface area contributed by atoms with Gasteiger partial charge in [0, 0.05) is 24.5 Å². The molecular formula is C17H17Cl2NO6. The van der Waals surface area contributed by atoms with Crippen molar-refractivity contribution in [3.63, 3.8) is 0 Å². The highest BCUT2D eigenvalue weighted by atomic mass is 35.5. The third-order valence-electron chi connectivity index (χ3n) is 4.29. The maximum atomic E-state index is 12.6. The van der Waals surface area contributed by atoms with E-state index in [1.165, 1.54) is 30.3 Å². The van der Waals surface area contributed by atoms with Gasteiger partial charge in [-0.15, -0.1) is 0 Å². The molecule has 26 heavy (non-hydrogen) atoms. The summed E-state index contributed by atoms with van der Waals surface area (Å²) in [5.74, 6) is -3.19. The normalized spacial score (nSPS) is 25.5. The summed E-state index contributed by atoms with van der Waals surface area (Å²) in [7, 11) is 0. The molecule has 3 atom stereocenters. The lowest BCUT2D eigenvalue weighted by molar-refractivity contribution is -0.385. The van der Waals surface area contributed by atoms with Crippen LogP contribution < -0.4 is 0 Å². The molecule has 0 saturated heterocycles. The first-order valence-electron chi connectivity index (χ1n) is 7.87. The Morgan fingerprint density at radius 1 is 1.50 bits per heavy atom. The van der Waals surface area contributed by atoms with E-state index in [0.717, 1.165) is 0 Å². The molecule has 1 saturated carbocycles. The molecule has 1 aliphatic carbocycles. The molecule has 2 rings (SSSR count). The van der Waals surface area contributed by atoms with Crippen LogP contribution >= 0.6 is 23.2 Å². The van der Waals surface area contributed by atoms with Gasteiger partial charge in [0.05, 0.1) is 17.1 Å².